The molecule has 3 heterocycles. The van der Waals surface area contributed by atoms with E-state index in [1.54, 1.807) is 35.3 Å². The molecule has 38 heavy (non-hydrogen) atoms. The van der Waals surface area contributed by atoms with Gasteiger partial charge in [-0.15, -0.1) is 5.10 Å². The van der Waals surface area contributed by atoms with Crippen LogP contribution in [0.4, 0.5) is 5.95 Å². The highest BCUT2D eigenvalue weighted by Crippen LogP contribution is 2.34. The van der Waals surface area contributed by atoms with Gasteiger partial charge < -0.3 is 25.5 Å². The molecule has 196 valence electrons. The van der Waals surface area contributed by atoms with Gasteiger partial charge in [0.25, 0.3) is 5.91 Å². The quantitative estimate of drug-likeness (QED) is 0.382. The van der Waals surface area contributed by atoms with Gasteiger partial charge in [0.15, 0.2) is 29.7 Å². The second kappa shape index (κ2) is 10.9. The minimum atomic E-state index is -0.215. The van der Waals surface area contributed by atoms with Gasteiger partial charge in [0, 0.05) is 24.0 Å². The van der Waals surface area contributed by atoms with Crippen molar-refractivity contribution in [3.8, 4) is 28.7 Å². The summed E-state index contributed by atoms with van der Waals surface area (Å²) in [6.45, 7) is 3.65. The first kappa shape index (κ1) is 25.3. The molecule has 1 aromatic carbocycles. The van der Waals surface area contributed by atoms with Crippen LogP contribution in [0, 0.1) is 5.92 Å². The van der Waals surface area contributed by atoms with Gasteiger partial charge in [-0.05, 0) is 50.3 Å². The first-order chi connectivity index (χ1) is 18.4. The number of ether oxygens (including phenoxy) is 2. The second-order valence-corrected chi connectivity index (χ2v) is 9.35. The molecule has 2 atom stereocenters. The number of carbonyl (C=O) groups is 1. The van der Waals surface area contributed by atoms with Crippen LogP contribution >= 0.6 is 11.6 Å². The lowest BCUT2D eigenvalue weighted by Gasteiger charge is -2.21. The topological polar surface area (TPSA) is 128 Å². The van der Waals surface area contributed by atoms with Gasteiger partial charge in [0.05, 0.1) is 29.8 Å². The number of fused-ring (bicyclic) bond motifs is 1. The maximum absolute atomic E-state index is 12.0. The summed E-state index contributed by atoms with van der Waals surface area (Å²) in [6, 6.07) is 10.9. The summed E-state index contributed by atoms with van der Waals surface area (Å²) in [7, 11) is 1.53. The maximum Gasteiger partial charge on any atom is 0.258 e. The number of amides is 1. The maximum atomic E-state index is 12.0. The Morgan fingerprint density at radius 3 is 2.87 bits per heavy atom. The van der Waals surface area contributed by atoms with Crippen LogP contribution in [0.15, 0.2) is 70.6 Å². The summed E-state index contributed by atoms with van der Waals surface area (Å²) in [6.07, 6.45) is 7.37. The molecule has 2 unspecified atom stereocenters. The lowest BCUT2D eigenvalue weighted by Crippen LogP contribution is -2.34. The van der Waals surface area contributed by atoms with E-state index in [1.165, 1.54) is 7.11 Å². The Labute approximate surface area is 224 Å². The molecule has 0 saturated heterocycles. The van der Waals surface area contributed by atoms with E-state index < -0.39 is 0 Å². The summed E-state index contributed by atoms with van der Waals surface area (Å²) in [4.78, 5) is 21.2. The Balaban J connectivity index is 1.45. The normalized spacial score (nSPS) is 17.8. The average Bonchev–Trinajstić information content (AvgIpc) is 3.57. The van der Waals surface area contributed by atoms with E-state index in [4.69, 9.17) is 31.2 Å². The predicted molar refractivity (Wildman–Crippen MR) is 144 cm³/mol. The number of hydrogen-bond donors (Lipinski definition) is 3. The number of aromatic nitrogens is 4. The van der Waals surface area contributed by atoms with Gasteiger partial charge in [-0.3, -0.25) is 4.79 Å². The number of allylic oxidation sites excluding steroid dienone is 1. The highest BCUT2D eigenvalue weighted by Gasteiger charge is 2.30. The van der Waals surface area contributed by atoms with Crippen LogP contribution in [0.3, 0.4) is 0 Å². The summed E-state index contributed by atoms with van der Waals surface area (Å²) >= 11 is 6.70. The molecule has 2 aliphatic rings. The lowest BCUT2D eigenvalue weighted by atomic mass is 9.96. The molecule has 1 aliphatic heterocycles. The molecule has 1 aliphatic carbocycles. The van der Waals surface area contributed by atoms with Crippen molar-refractivity contribution >= 4 is 29.7 Å². The zero-order chi connectivity index (χ0) is 26.6. The number of hydrogen-bond acceptors (Lipinski definition) is 9. The third-order valence-corrected chi connectivity index (χ3v) is 6.27. The highest BCUT2D eigenvalue weighted by atomic mass is 35.5. The van der Waals surface area contributed by atoms with Crippen molar-refractivity contribution in [1.82, 2.24) is 30.5 Å². The summed E-state index contributed by atoms with van der Waals surface area (Å²) in [5, 5.41) is 15.6. The predicted octanol–water partition coefficient (Wildman–Crippen LogP) is 3.25. The van der Waals surface area contributed by atoms with Crippen LogP contribution in [-0.4, -0.2) is 57.7 Å². The average molecular weight is 535 g/mol. The Kier molecular flexibility index (Phi) is 7.27. The molecule has 0 spiro atoms. The number of benzene rings is 1. The largest absolute Gasteiger partial charge is 0.493 e. The molecule has 0 radical (unpaired) electrons. The van der Waals surface area contributed by atoms with E-state index in [-0.39, 0.29) is 30.5 Å². The summed E-state index contributed by atoms with van der Waals surface area (Å²) in [5.74, 6) is 2.05. The van der Waals surface area contributed by atoms with Crippen LogP contribution in [-0.2, 0) is 4.79 Å². The molecular weight excluding hydrogens is 508 g/mol. The van der Waals surface area contributed by atoms with E-state index in [1.807, 2.05) is 44.2 Å². The second-order valence-electron chi connectivity index (χ2n) is 8.94. The third-order valence-electron chi connectivity index (χ3n) is 5.82. The molecule has 3 N–H and O–H groups in total. The molecule has 2 aromatic heterocycles. The van der Waals surface area contributed by atoms with E-state index in [0.717, 1.165) is 0 Å². The van der Waals surface area contributed by atoms with Crippen LogP contribution < -0.4 is 25.5 Å². The Morgan fingerprint density at radius 1 is 1.24 bits per heavy atom. The van der Waals surface area contributed by atoms with Crippen molar-refractivity contribution in [2.45, 2.75) is 25.9 Å². The van der Waals surface area contributed by atoms with Gasteiger partial charge >= 0.3 is 0 Å². The minimum absolute atomic E-state index is 0.0256. The molecule has 0 bridgehead atoms. The Bertz CT molecular complexity index is 1420. The first-order valence-electron chi connectivity index (χ1n) is 12.1. The van der Waals surface area contributed by atoms with Crippen molar-refractivity contribution in [1.29, 1.82) is 0 Å². The van der Waals surface area contributed by atoms with E-state index >= 15 is 0 Å². The van der Waals surface area contributed by atoms with Crippen molar-refractivity contribution in [3.63, 3.8) is 0 Å². The zero-order valence-corrected chi connectivity index (χ0v) is 21.8. The highest BCUT2D eigenvalue weighted by molar-refractivity contribution is 6.32. The van der Waals surface area contributed by atoms with Crippen molar-refractivity contribution in [2.24, 2.45) is 11.0 Å². The molecule has 0 fully saturated rings. The van der Waals surface area contributed by atoms with Gasteiger partial charge in [-0.2, -0.15) is 14.8 Å². The lowest BCUT2D eigenvalue weighted by molar-refractivity contribution is -0.123. The third kappa shape index (κ3) is 5.32. The number of nitrogens with zero attached hydrogens (tertiary/aromatic N) is 5. The van der Waals surface area contributed by atoms with Crippen LogP contribution in [0.2, 0.25) is 0 Å². The molecule has 12 heteroatoms. The molecular formula is C26H27ClN8O3. The smallest absolute Gasteiger partial charge is 0.258 e. The monoisotopic (exact) mass is 534 g/mol. The number of halogens is 1. The minimum Gasteiger partial charge on any atom is -0.493 e. The van der Waals surface area contributed by atoms with Crippen LogP contribution in [0.25, 0.3) is 17.2 Å². The number of carbonyl (C=O) groups excluding carboxylic acids is 1. The van der Waals surface area contributed by atoms with Gasteiger partial charge in [0.2, 0.25) is 5.95 Å². The van der Waals surface area contributed by atoms with E-state index in [9.17, 15) is 4.79 Å². The molecule has 3 aromatic rings. The summed E-state index contributed by atoms with van der Waals surface area (Å²) < 4.78 is 12.8. The zero-order valence-electron chi connectivity index (χ0n) is 21.1. The number of pyridine rings is 1. The number of nitrogens with one attached hydrogen (secondary N) is 3. The van der Waals surface area contributed by atoms with Gasteiger partial charge in [-0.1, -0.05) is 23.7 Å². The number of anilines is 1. The Hall–Kier alpha value is -4.38. The fraction of sp³-hybridized carbons (Fsp3) is 0.269. The SMILES string of the molecule is COc1cc(-c2nc(NC3=C(Cl)C4C=NNC4C=C3)n(-c3ccccn3)n2)ccc1OCC(=O)NC(C)C. The Morgan fingerprint density at radius 2 is 2.11 bits per heavy atom. The van der Waals surface area contributed by atoms with Crippen molar-refractivity contribution in [3.05, 3.63) is 65.5 Å². The fourth-order valence-electron chi connectivity index (χ4n) is 4.04. The van der Waals surface area contributed by atoms with E-state index in [2.05, 4.69) is 26.1 Å². The molecule has 11 nitrogen and oxygen atoms in total. The number of rotatable bonds is 9. The van der Waals surface area contributed by atoms with Gasteiger partial charge in [-0.25, -0.2) is 4.98 Å². The van der Waals surface area contributed by atoms with Crippen molar-refractivity contribution < 1.29 is 14.3 Å². The molecule has 0 saturated carbocycles. The van der Waals surface area contributed by atoms with Crippen LogP contribution in [0.1, 0.15) is 13.8 Å². The van der Waals surface area contributed by atoms with Crippen molar-refractivity contribution in [2.75, 3.05) is 19.0 Å². The molecule has 1 amide bonds. The standard InChI is InChI=1S/C26H27ClN8O3/c1-15(2)30-23(36)14-38-20-10-7-16(12-21(20)37-3)25-32-26(35(34-25)22-6-4-5-11-28-22)31-19-9-8-18-17(24(19)27)13-29-33-18/h4-13,15,17-18,33H,14H2,1-3H3,(H,30,36)(H,31,32,34). The number of hydrazone groups is 1. The summed E-state index contributed by atoms with van der Waals surface area (Å²) in [5.41, 5.74) is 4.40. The molecule has 5 rings (SSSR count). The van der Waals surface area contributed by atoms with E-state index in [0.29, 0.717) is 45.4 Å². The first-order valence-corrected chi connectivity index (χ1v) is 12.4. The van der Waals surface area contributed by atoms with Crippen LogP contribution in [0.5, 0.6) is 11.5 Å². The number of methoxy groups -OCH3 is 1. The fourth-order valence-corrected chi connectivity index (χ4v) is 4.34. The van der Waals surface area contributed by atoms with Gasteiger partial charge in [0.1, 0.15) is 0 Å².